The smallest absolute Gasteiger partial charge is 0.173 e. The van der Waals surface area contributed by atoms with Crippen LogP contribution in [0.4, 0.5) is 0 Å². The van der Waals surface area contributed by atoms with E-state index in [1.165, 1.54) is 12.8 Å². The Balaban J connectivity index is 2.40. The monoisotopic (exact) mass is 344 g/mol. The van der Waals surface area contributed by atoms with Crippen molar-refractivity contribution in [1.29, 1.82) is 0 Å². The lowest BCUT2D eigenvalue weighted by Crippen LogP contribution is -2.64. The van der Waals surface area contributed by atoms with Gasteiger partial charge in [-0.15, -0.1) is 0 Å². The maximum absolute atomic E-state index is 11.2. The summed E-state index contributed by atoms with van der Waals surface area (Å²) in [5, 5.41) is 11.0. The average molecular weight is 344 g/mol. The maximum Gasteiger partial charge on any atom is 0.173 e. The van der Waals surface area contributed by atoms with Gasteiger partial charge in [-0.25, -0.2) is 0 Å². The highest BCUT2D eigenvalue weighted by Crippen LogP contribution is 2.68. The summed E-state index contributed by atoms with van der Waals surface area (Å²) in [5.74, 6) is -1.55. The molecule has 2 rings (SSSR count). The number of rotatable bonds is 8. The van der Waals surface area contributed by atoms with Crippen LogP contribution in [-0.4, -0.2) is 34.3 Å². The molecule has 2 aliphatic heterocycles. The SMILES string of the molecule is CCCC1CC2(CCC)OC(O)(CCC)CC(CCC)(O2)P1C. The van der Waals surface area contributed by atoms with Gasteiger partial charge in [0.1, 0.15) is 0 Å². The van der Waals surface area contributed by atoms with Gasteiger partial charge < -0.3 is 14.6 Å². The molecule has 0 saturated carbocycles. The summed E-state index contributed by atoms with van der Waals surface area (Å²) in [6, 6.07) is 0. The van der Waals surface area contributed by atoms with Gasteiger partial charge in [-0.1, -0.05) is 61.3 Å². The van der Waals surface area contributed by atoms with Gasteiger partial charge in [0, 0.05) is 25.7 Å². The summed E-state index contributed by atoms with van der Waals surface area (Å²) in [5.41, 5.74) is 0.702. The standard InChI is InChI=1S/C19H37O3P/c1-6-10-16-14-18(12-8-3)21-17(20,11-7-2)15-19(22-18,13-9-4)23(16)5/h16,20H,6-15H2,1-5H3. The molecule has 3 nitrogen and oxygen atoms in total. The first-order chi connectivity index (χ1) is 10.9. The molecule has 2 bridgehead atoms. The largest absolute Gasteiger partial charge is 0.365 e. The summed E-state index contributed by atoms with van der Waals surface area (Å²) >= 11 is 0. The second-order valence-electron chi connectivity index (χ2n) is 7.69. The van der Waals surface area contributed by atoms with E-state index >= 15 is 0 Å². The molecule has 0 aliphatic carbocycles. The Kier molecular flexibility index (Phi) is 6.56. The molecule has 0 radical (unpaired) electrons. The molecule has 4 heteroatoms. The topological polar surface area (TPSA) is 38.7 Å². The van der Waals surface area contributed by atoms with Gasteiger partial charge in [-0.3, -0.25) is 0 Å². The Hall–Kier alpha value is 0.310. The van der Waals surface area contributed by atoms with Crippen LogP contribution in [0.5, 0.6) is 0 Å². The fraction of sp³-hybridized carbons (Fsp3) is 1.00. The van der Waals surface area contributed by atoms with Gasteiger partial charge in [0.15, 0.2) is 11.6 Å². The molecule has 2 saturated heterocycles. The van der Waals surface area contributed by atoms with E-state index in [1.807, 2.05) is 0 Å². The lowest BCUT2D eigenvalue weighted by molar-refractivity contribution is -0.420. The van der Waals surface area contributed by atoms with E-state index in [4.69, 9.17) is 9.47 Å². The number of fused-ring (bicyclic) bond motifs is 2. The van der Waals surface area contributed by atoms with Gasteiger partial charge in [0.2, 0.25) is 0 Å². The van der Waals surface area contributed by atoms with Crippen molar-refractivity contribution >= 4 is 7.92 Å². The van der Waals surface area contributed by atoms with Crippen LogP contribution >= 0.6 is 7.92 Å². The van der Waals surface area contributed by atoms with E-state index < -0.39 is 11.6 Å². The van der Waals surface area contributed by atoms with Crippen LogP contribution in [0, 0.1) is 0 Å². The second-order valence-corrected chi connectivity index (χ2v) is 10.5. The molecule has 23 heavy (non-hydrogen) atoms. The van der Waals surface area contributed by atoms with E-state index in [-0.39, 0.29) is 13.3 Å². The highest BCUT2D eigenvalue weighted by atomic mass is 31.1. The third kappa shape index (κ3) is 3.94. The molecule has 2 fully saturated rings. The molecular weight excluding hydrogens is 307 g/mol. The maximum atomic E-state index is 11.2. The van der Waals surface area contributed by atoms with E-state index in [1.54, 1.807) is 0 Å². The first-order valence-corrected chi connectivity index (χ1v) is 11.6. The Labute approximate surface area is 144 Å². The average Bonchev–Trinajstić information content (AvgIpc) is 2.44. The van der Waals surface area contributed by atoms with E-state index in [9.17, 15) is 5.11 Å². The zero-order chi connectivity index (χ0) is 17.1. The first kappa shape index (κ1) is 19.6. The predicted octanol–water partition coefficient (Wildman–Crippen LogP) is 5.59. The van der Waals surface area contributed by atoms with Crippen LogP contribution in [0.15, 0.2) is 0 Å². The first-order valence-electron chi connectivity index (χ1n) is 9.74. The van der Waals surface area contributed by atoms with Crippen LogP contribution in [0.3, 0.4) is 0 Å². The van der Waals surface area contributed by atoms with Crippen LogP contribution in [0.2, 0.25) is 0 Å². The third-order valence-corrected chi connectivity index (χ3v) is 8.87. The lowest BCUT2D eigenvalue weighted by atomic mass is 9.92. The quantitative estimate of drug-likeness (QED) is 0.583. The zero-order valence-electron chi connectivity index (χ0n) is 15.9. The number of hydrogen-bond acceptors (Lipinski definition) is 3. The molecule has 0 amide bonds. The molecule has 5 atom stereocenters. The number of hydrogen-bond donors (Lipinski definition) is 1. The lowest BCUT2D eigenvalue weighted by Gasteiger charge is -2.62. The zero-order valence-corrected chi connectivity index (χ0v) is 16.8. The van der Waals surface area contributed by atoms with E-state index in [2.05, 4.69) is 34.4 Å². The molecule has 2 heterocycles. The van der Waals surface area contributed by atoms with Crippen LogP contribution in [0.25, 0.3) is 0 Å². The number of ether oxygens (including phenoxy) is 2. The summed E-state index contributed by atoms with van der Waals surface area (Å²) in [6.45, 7) is 11.2. The van der Waals surface area contributed by atoms with Crippen molar-refractivity contribution < 1.29 is 14.6 Å². The molecule has 0 aromatic rings. The third-order valence-electron chi connectivity index (χ3n) is 5.58. The molecule has 2 aliphatic rings. The Morgan fingerprint density at radius 3 is 2.17 bits per heavy atom. The summed E-state index contributed by atoms with van der Waals surface area (Å²) in [6.07, 6.45) is 9.86. The Morgan fingerprint density at radius 2 is 1.61 bits per heavy atom. The second kappa shape index (κ2) is 7.68. The molecule has 0 aromatic carbocycles. The molecular formula is C19H37O3P. The van der Waals surface area contributed by atoms with Crippen LogP contribution in [-0.2, 0) is 9.47 Å². The van der Waals surface area contributed by atoms with Crippen molar-refractivity contribution in [3.05, 3.63) is 0 Å². The highest BCUT2D eigenvalue weighted by molar-refractivity contribution is 7.59. The van der Waals surface area contributed by atoms with Crippen molar-refractivity contribution in [1.82, 2.24) is 0 Å². The van der Waals surface area contributed by atoms with E-state index in [0.717, 1.165) is 44.9 Å². The molecule has 5 unspecified atom stereocenters. The predicted molar refractivity (Wildman–Crippen MR) is 98.1 cm³/mol. The van der Waals surface area contributed by atoms with Crippen molar-refractivity contribution in [3.63, 3.8) is 0 Å². The minimum absolute atomic E-state index is 0.153. The summed E-state index contributed by atoms with van der Waals surface area (Å²) in [4.78, 5) is 0. The van der Waals surface area contributed by atoms with Crippen molar-refractivity contribution in [2.45, 2.75) is 114 Å². The summed E-state index contributed by atoms with van der Waals surface area (Å²) < 4.78 is 13.1. The van der Waals surface area contributed by atoms with Crippen molar-refractivity contribution in [2.24, 2.45) is 0 Å². The van der Waals surface area contributed by atoms with E-state index in [0.29, 0.717) is 12.1 Å². The fourth-order valence-electron chi connectivity index (χ4n) is 4.78. The van der Waals surface area contributed by atoms with Gasteiger partial charge in [0.25, 0.3) is 0 Å². The van der Waals surface area contributed by atoms with Crippen LogP contribution in [0.1, 0.15) is 91.9 Å². The van der Waals surface area contributed by atoms with Crippen molar-refractivity contribution in [3.8, 4) is 0 Å². The minimum atomic E-state index is -0.995. The Bertz CT molecular complexity index is 387. The minimum Gasteiger partial charge on any atom is -0.365 e. The number of aliphatic hydroxyl groups is 1. The van der Waals surface area contributed by atoms with Crippen LogP contribution < -0.4 is 0 Å². The fourth-order valence-corrected chi connectivity index (χ4v) is 8.02. The molecule has 0 aromatic heterocycles. The summed E-state index contributed by atoms with van der Waals surface area (Å²) in [7, 11) is -0.264. The molecule has 136 valence electrons. The van der Waals surface area contributed by atoms with Gasteiger partial charge in [-0.05, 0) is 25.2 Å². The van der Waals surface area contributed by atoms with Gasteiger partial charge >= 0.3 is 0 Å². The Morgan fingerprint density at radius 1 is 0.957 bits per heavy atom. The van der Waals surface area contributed by atoms with Crippen molar-refractivity contribution in [2.75, 3.05) is 6.66 Å². The van der Waals surface area contributed by atoms with Gasteiger partial charge in [-0.2, -0.15) is 0 Å². The molecule has 0 spiro atoms. The van der Waals surface area contributed by atoms with Gasteiger partial charge in [0.05, 0.1) is 5.34 Å². The molecule has 1 N–H and O–H groups in total. The highest BCUT2D eigenvalue weighted by Gasteiger charge is 2.61. The normalized spacial score (nSPS) is 43.6.